The van der Waals surface area contributed by atoms with Crippen LogP contribution in [0.15, 0.2) is 0 Å². The van der Waals surface area contributed by atoms with E-state index in [0.29, 0.717) is 0 Å². The Morgan fingerprint density at radius 3 is 2.20 bits per heavy atom. The van der Waals surface area contributed by atoms with Gasteiger partial charge in [0.05, 0.1) is 6.54 Å². The number of nitrogens with two attached hydrogens (primary N) is 2. The smallest absolute Gasteiger partial charge is 0.364 e. The first-order valence-electron chi connectivity index (χ1n) is 3.71. The minimum absolute atomic E-state index is 0.460. The number of rotatable bonds is 7. The van der Waals surface area contributed by atoms with E-state index in [4.69, 9.17) is 0 Å². The molecule has 15 heavy (non-hydrogen) atoms. The molecular formula is C6H11N3O6. The van der Waals surface area contributed by atoms with Crippen molar-refractivity contribution in [2.24, 2.45) is 11.8 Å². The molecule has 0 amide bonds. The van der Waals surface area contributed by atoms with Crippen molar-refractivity contribution in [1.29, 1.82) is 0 Å². The van der Waals surface area contributed by atoms with Gasteiger partial charge in [-0.15, -0.1) is 5.48 Å². The summed E-state index contributed by atoms with van der Waals surface area (Å²) < 4.78 is 0. The van der Waals surface area contributed by atoms with Crippen LogP contribution in [0.25, 0.3) is 0 Å². The second-order valence-electron chi connectivity index (χ2n) is 2.34. The summed E-state index contributed by atoms with van der Waals surface area (Å²) in [7, 11) is 0. The molecule has 0 aromatic heterocycles. The summed E-state index contributed by atoms with van der Waals surface area (Å²) in [5.74, 6) is 6.65. The summed E-state index contributed by atoms with van der Waals surface area (Å²) in [6, 6.07) is 0. The molecule has 5 N–H and O–H groups in total. The van der Waals surface area contributed by atoms with Crippen LogP contribution in [0.3, 0.4) is 0 Å². The number of carbonyl (C=O) groups excluding carboxylic acids is 3. The van der Waals surface area contributed by atoms with Gasteiger partial charge in [-0.25, -0.2) is 16.6 Å². The zero-order chi connectivity index (χ0) is 11.8. The molecule has 0 bridgehead atoms. The predicted octanol–water partition coefficient (Wildman–Crippen LogP) is -2.70. The van der Waals surface area contributed by atoms with Crippen LogP contribution in [0, 0.1) is 0 Å². The Balaban J connectivity index is 3.81. The molecule has 0 fully saturated rings. The lowest BCUT2D eigenvalue weighted by molar-refractivity contribution is -0.175. The molecule has 0 heterocycles. The maximum absolute atomic E-state index is 11.0. The Morgan fingerprint density at radius 2 is 1.80 bits per heavy atom. The van der Waals surface area contributed by atoms with Crippen LogP contribution in [0.2, 0.25) is 0 Å². The van der Waals surface area contributed by atoms with Crippen LogP contribution < -0.4 is 17.3 Å². The Hall–Kier alpha value is -1.39. The molecular weight excluding hydrogens is 210 g/mol. The van der Waals surface area contributed by atoms with E-state index in [1.165, 1.54) is 0 Å². The average Bonchev–Trinajstić information content (AvgIpc) is 2.19. The number of hydrogen-bond acceptors (Lipinski definition) is 9. The highest BCUT2D eigenvalue weighted by atomic mass is 16.8. The van der Waals surface area contributed by atoms with E-state index < -0.39 is 30.4 Å². The number of hydroxylamine groups is 1. The predicted molar refractivity (Wildman–Crippen MR) is 44.1 cm³/mol. The van der Waals surface area contributed by atoms with Crippen LogP contribution in [-0.2, 0) is 28.9 Å². The number of carbonyl (C=O) groups is 3. The quantitative estimate of drug-likeness (QED) is 0.237. The summed E-state index contributed by atoms with van der Waals surface area (Å²) in [5, 5.41) is 0. The normalized spacial score (nSPS) is 10.1. The first-order chi connectivity index (χ1) is 7.02. The highest BCUT2D eigenvalue weighted by molar-refractivity contribution is 6.32. The number of Topliss-reactive ketones (excluding diaryl/α,β-unsaturated/α-hetero) is 2. The van der Waals surface area contributed by atoms with Gasteiger partial charge in [-0.3, -0.25) is 19.3 Å². The summed E-state index contributed by atoms with van der Waals surface area (Å²) in [4.78, 5) is 44.2. The molecule has 0 aromatic rings. The molecule has 0 spiro atoms. The van der Waals surface area contributed by atoms with Gasteiger partial charge in [0.25, 0.3) is 6.29 Å². The minimum atomic E-state index is -1.46. The first-order valence-corrected chi connectivity index (χ1v) is 3.71. The molecule has 86 valence electrons. The lowest BCUT2D eigenvalue weighted by atomic mass is 10.4. The van der Waals surface area contributed by atoms with Crippen LogP contribution in [-0.4, -0.2) is 30.4 Å². The van der Waals surface area contributed by atoms with E-state index in [9.17, 15) is 14.4 Å². The van der Waals surface area contributed by atoms with Crippen molar-refractivity contribution in [2.75, 3.05) is 6.54 Å². The molecule has 0 radical (unpaired) electrons. The highest BCUT2D eigenvalue weighted by Crippen LogP contribution is 1.88. The van der Waals surface area contributed by atoms with Gasteiger partial charge in [0, 0.05) is 6.92 Å². The fraction of sp³-hybridized carbons (Fsp3) is 0.500. The third kappa shape index (κ3) is 5.15. The largest absolute Gasteiger partial charge is 0.392 e. The molecule has 9 heteroatoms. The Bertz CT molecular complexity index is 251. The molecule has 0 saturated heterocycles. The molecule has 0 aromatic carbocycles. The number of nitrogens with one attached hydrogen (secondary N) is 1. The molecule has 0 aliphatic rings. The zero-order valence-corrected chi connectivity index (χ0v) is 7.89. The molecule has 0 unspecified atom stereocenters. The molecule has 0 rings (SSSR count). The lowest BCUT2D eigenvalue weighted by Crippen LogP contribution is -2.39. The van der Waals surface area contributed by atoms with Crippen LogP contribution in [0.5, 0.6) is 0 Å². The number of hydrogen-bond donors (Lipinski definition) is 3. The second-order valence-corrected chi connectivity index (χ2v) is 2.34. The highest BCUT2D eigenvalue weighted by Gasteiger charge is 2.19. The van der Waals surface area contributed by atoms with Gasteiger partial charge in [-0.1, -0.05) is 0 Å². The van der Waals surface area contributed by atoms with Gasteiger partial charge < -0.3 is 4.84 Å². The lowest BCUT2D eigenvalue weighted by Gasteiger charge is -2.10. The van der Waals surface area contributed by atoms with Crippen molar-refractivity contribution in [3.05, 3.63) is 0 Å². The van der Waals surface area contributed by atoms with Gasteiger partial charge in [0.2, 0.25) is 11.6 Å². The second kappa shape index (κ2) is 6.98. The SMILES string of the molecule is CC(=O)C(=O)ONCC(=O)C(ON)ON. The first kappa shape index (κ1) is 13.6. The van der Waals surface area contributed by atoms with E-state index in [1.54, 1.807) is 0 Å². The summed E-state index contributed by atoms with van der Waals surface area (Å²) >= 11 is 0. The molecule has 0 atom stereocenters. The minimum Gasteiger partial charge on any atom is -0.364 e. The molecule has 0 aliphatic carbocycles. The zero-order valence-electron chi connectivity index (χ0n) is 7.89. The van der Waals surface area contributed by atoms with Gasteiger partial charge in [-0.2, -0.15) is 0 Å². The topological polar surface area (TPSA) is 143 Å². The van der Waals surface area contributed by atoms with Crippen LogP contribution in [0.1, 0.15) is 6.92 Å². The maximum Gasteiger partial charge on any atom is 0.392 e. The van der Waals surface area contributed by atoms with Crippen molar-refractivity contribution < 1.29 is 28.9 Å². The van der Waals surface area contributed by atoms with Gasteiger partial charge in [-0.05, 0) is 0 Å². The Kier molecular flexibility index (Phi) is 6.33. The van der Waals surface area contributed by atoms with Gasteiger partial charge >= 0.3 is 5.97 Å². The maximum atomic E-state index is 11.0. The van der Waals surface area contributed by atoms with Crippen LogP contribution in [0.4, 0.5) is 0 Å². The van der Waals surface area contributed by atoms with Crippen molar-refractivity contribution in [2.45, 2.75) is 13.2 Å². The van der Waals surface area contributed by atoms with Crippen LogP contribution >= 0.6 is 0 Å². The summed E-state index contributed by atoms with van der Waals surface area (Å²) in [5.41, 5.74) is 1.92. The average molecular weight is 221 g/mol. The van der Waals surface area contributed by atoms with E-state index >= 15 is 0 Å². The van der Waals surface area contributed by atoms with E-state index in [0.717, 1.165) is 6.92 Å². The van der Waals surface area contributed by atoms with Crippen molar-refractivity contribution in [3.63, 3.8) is 0 Å². The van der Waals surface area contributed by atoms with Crippen molar-refractivity contribution in [1.82, 2.24) is 5.48 Å². The van der Waals surface area contributed by atoms with Gasteiger partial charge in [0.15, 0.2) is 0 Å². The Labute approximate surface area is 84.5 Å². The van der Waals surface area contributed by atoms with Crippen molar-refractivity contribution in [3.8, 4) is 0 Å². The van der Waals surface area contributed by atoms with E-state index in [-0.39, 0.29) is 0 Å². The van der Waals surface area contributed by atoms with Gasteiger partial charge in [0.1, 0.15) is 0 Å². The van der Waals surface area contributed by atoms with E-state index in [2.05, 4.69) is 26.3 Å². The standard InChI is InChI=1S/C6H11N3O6/c1-3(10)5(12)15-9-2-4(11)6(13-7)14-8/h6,9H,2,7-8H2,1H3. The fourth-order valence-corrected chi connectivity index (χ4v) is 0.512. The van der Waals surface area contributed by atoms with E-state index in [1.807, 2.05) is 5.48 Å². The fourth-order valence-electron chi connectivity index (χ4n) is 0.512. The monoisotopic (exact) mass is 221 g/mol. The number of ketones is 2. The summed E-state index contributed by atoms with van der Waals surface area (Å²) in [6.07, 6.45) is -1.46. The third-order valence-corrected chi connectivity index (χ3v) is 1.21. The molecule has 0 aliphatic heterocycles. The third-order valence-electron chi connectivity index (χ3n) is 1.21. The molecule has 0 saturated carbocycles. The Morgan fingerprint density at radius 1 is 1.27 bits per heavy atom. The molecule has 9 nitrogen and oxygen atoms in total. The van der Waals surface area contributed by atoms with Crippen molar-refractivity contribution >= 4 is 17.5 Å². The summed E-state index contributed by atoms with van der Waals surface area (Å²) in [6.45, 7) is 0.554.